The molecule has 11 nitrogen and oxygen atoms in total. The van der Waals surface area contributed by atoms with Gasteiger partial charge in [0.15, 0.2) is 0 Å². The third kappa shape index (κ3) is 9.49. The monoisotopic (exact) mass is 625 g/mol. The van der Waals surface area contributed by atoms with E-state index in [0.717, 1.165) is 11.1 Å². The molecule has 6 N–H and O–H groups in total. The Balaban J connectivity index is 1.16. The minimum absolute atomic E-state index is 0.0711. The second kappa shape index (κ2) is 14.0. The number of carbonyl (C=O) groups excluding carboxylic acids is 1. The highest BCUT2D eigenvalue weighted by Crippen LogP contribution is 2.19. The summed E-state index contributed by atoms with van der Waals surface area (Å²) in [4.78, 5) is 12.7. The molecule has 0 heterocycles. The summed E-state index contributed by atoms with van der Waals surface area (Å²) in [6, 6.07) is 19.0. The number of aliphatic hydroxyl groups excluding tert-OH is 1. The molecule has 0 spiro atoms. The van der Waals surface area contributed by atoms with Crippen LogP contribution in [0.15, 0.2) is 107 Å². The van der Waals surface area contributed by atoms with Crippen molar-refractivity contribution >= 4 is 37.3 Å². The zero-order valence-electron chi connectivity index (χ0n) is 23.7. The quantitative estimate of drug-likeness (QED) is 0.158. The van der Waals surface area contributed by atoms with Crippen LogP contribution >= 0.6 is 0 Å². The number of rotatable bonds is 13. The van der Waals surface area contributed by atoms with E-state index in [9.17, 15) is 26.7 Å². The van der Waals surface area contributed by atoms with Crippen LogP contribution in [0.5, 0.6) is 0 Å². The molecule has 0 aromatic heterocycles. The van der Waals surface area contributed by atoms with Crippen molar-refractivity contribution in [2.75, 3.05) is 23.1 Å². The molecule has 4 rings (SSSR count). The van der Waals surface area contributed by atoms with Gasteiger partial charge in [-0.1, -0.05) is 47.5 Å². The summed E-state index contributed by atoms with van der Waals surface area (Å²) in [5.41, 5.74) is 3.39. The van der Waals surface area contributed by atoms with Gasteiger partial charge in [0.2, 0.25) is 15.9 Å². The molecule has 13 heteroatoms. The first-order valence-corrected chi connectivity index (χ1v) is 16.5. The zero-order chi connectivity index (χ0) is 31.0. The van der Waals surface area contributed by atoms with Gasteiger partial charge in [-0.15, -0.1) is 0 Å². The normalized spacial score (nSPS) is 15.8. The SMILES string of the molecule is Cc1ccc(S(=O)(=O)Nc2ccc(NC(=O)CNCC(O)NC3=CCC(NS(=O)(=O)c4ccc(C)cc4)C=C3)cc2)cc1. The molecular formula is C30H35N5O6S2. The van der Waals surface area contributed by atoms with Crippen LogP contribution in [0, 0.1) is 13.8 Å². The molecule has 228 valence electrons. The van der Waals surface area contributed by atoms with E-state index in [0.29, 0.717) is 23.5 Å². The molecule has 1 aliphatic rings. The second-order valence-corrected chi connectivity index (χ2v) is 13.5. The van der Waals surface area contributed by atoms with Crippen LogP contribution in [-0.4, -0.2) is 53.2 Å². The van der Waals surface area contributed by atoms with Crippen LogP contribution in [-0.2, 0) is 24.8 Å². The number of anilines is 2. The van der Waals surface area contributed by atoms with Gasteiger partial charge in [0.05, 0.1) is 16.3 Å². The molecule has 0 fully saturated rings. The van der Waals surface area contributed by atoms with E-state index in [-0.39, 0.29) is 28.8 Å². The summed E-state index contributed by atoms with van der Waals surface area (Å²) >= 11 is 0. The maximum Gasteiger partial charge on any atom is 0.261 e. The van der Waals surface area contributed by atoms with Gasteiger partial charge in [-0.3, -0.25) is 9.52 Å². The zero-order valence-corrected chi connectivity index (χ0v) is 25.4. The largest absolute Gasteiger partial charge is 0.372 e. The number of hydrogen-bond acceptors (Lipinski definition) is 8. The molecule has 1 aliphatic carbocycles. The molecule has 0 saturated carbocycles. The Morgan fingerprint density at radius 2 is 1.40 bits per heavy atom. The van der Waals surface area contributed by atoms with E-state index in [1.807, 2.05) is 13.8 Å². The van der Waals surface area contributed by atoms with Crippen LogP contribution in [0.25, 0.3) is 0 Å². The number of benzene rings is 3. The number of allylic oxidation sites excluding steroid dienone is 1. The molecular weight excluding hydrogens is 590 g/mol. The highest BCUT2D eigenvalue weighted by molar-refractivity contribution is 7.92. The van der Waals surface area contributed by atoms with Crippen molar-refractivity contribution in [2.24, 2.45) is 0 Å². The van der Waals surface area contributed by atoms with E-state index >= 15 is 0 Å². The average molecular weight is 626 g/mol. The van der Waals surface area contributed by atoms with Crippen molar-refractivity contribution in [3.8, 4) is 0 Å². The van der Waals surface area contributed by atoms with Gasteiger partial charge in [-0.05, 0) is 74.9 Å². The van der Waals surface area contributed by atoms with Gasteiger partial charge in [-0.25, -0.2) is 21.6 Å². The number of carbonyl (C=O) groups is 1. The predicted molar refractivity (Wildman–Crippen MR) is 166 cm³/mol. The van der Waals surface area contributed by atoms with Crippen molar-refractivity contribution in [3.05, 3.63) is 108 Å². The maximum atomic E-state index is 12.6. The van der Waals surface area contributed by atoms with E-state index in [2.05, 4.69) is 25.4 Å². The van der Waals surface area contributed by atoms with Gasteiger partial charge in [0.25, 0.3) is 10.0 Å². The Morgan fingerprint density at radius 1 is 0.837 bits per heavy atom. The van der Waals surface area contributed by atoms with Crippen LogP contribution in [0.1, 0.15) is 17.5 Å². The van der Waals surface area contributed by atoms with Gasteiger partial charge < -0.3 is 21.1 Å². The second-order valence-electron chi connectivity index (χ2n) is 10.1. The van der Waals surface area contributed by atoms with Gasteiger partial charge >= 0.3 is 0 Å². The summed E-state index contributed by atoms with van der Waals surface area (Å²) < 4.78 is 55.5. The highest BCUT2D eigenvalue weighted by atomic mass is 32.2. The Kier molecular flexibility index (Phi) is 10.4. The Morgan fingerprint density at radius 3 is 1.95 bits per heavy atom. The molecule has 3 aromatic carbocycles. The number of hydrogen-bond donors (Lipinski definition) is 6. The molecule has 0 aliphatic heterocycles. The van der Waals surface area contributed by atoms with Crippen LogP contribution in [0.3, 0.4) is 0 Å². The number of nitrogens with one attached hydrogen (secondary N) is 5. The van der Waals surface area contributed by atoms with Gasteiger partial charge in [0.1, 0.15) is 6.23 Å². The molecule has 0 radical (unpaired) electrons. The fraction of sp³-hybridized carbons (Fsp3) is 0.233. The Hall–Kier alpha value is -4.01. The smallest absolute Gasteiger partial charge is 0.261 e. The topological polar surface area (TPSA) is 166 Å². The lowest BCUT2D eigenvalue weighted by Crippen LogP contribution is -2.41. The molecule has 1 amide bonds. The average Bonchev–Trinajstić information content (AvgIpc) is 2.95. The van der Waals surface area contributed by atoms with Crippen molar-refractivity contribution < 1.29 is 26.7 Å². The predicted octanol–water partition coefficient (Wildman–Crippen LogP) is 2.73. The first-order chi connectivity index (χ1) is 20.4. The third-order valence-electron chi connectivity index (χ3n) is 6.45. The highest BCUT2D eigenvalue weighted by Gasteiger charge is 2.20. The summed E-state index contributed by atoms with van der Waals surface area (Å²) in [6.07, 6.45) is 4.58. The fourth-order valence-corrected chi connectivity index (χ4v) is 6.39. The molecule has 0 saturated heterocycles. The number of amides is 1. The number of aryl methyl sites for hydroxylation is 2. The maximum absolute atomic E-state index is 12.6. The van der Waals surface area contributed by atoms with Crippen molar-refractivity contribution in [2.45, 2.75) is 42.3 Å². The van der Waals surface area contributed by atoms with E-state index in [1.165, 1.54) is 12.1 Å². The van der Waals surface area contributed by atoms with E-state index in [4.69, 9.17) is 0 Å². The number of aliphatic hydroxyl groups is 1. The van der Waals surface area contributed by atoms with Crippen LogP contribution in [0.2, 0.25) is 0 Å². The lowest BCUT2D eigenvalue weighted by atomic mass is 10.1. The Bertz CT molecular complexity index is 1690. The summed E-state index contributed by atoms with van der Waals surface area (Å²) in [6.45, 7) is 3.76. The lowest BCUT2D eigenvalue weighted by molar-refractivity contribution is -0.115. The van der Waals surface area contributed by atoms with E-state index in [1.54, 1.807) is 78.9 Å². The first-order valence-electron chi connectivity index (χ1n) is 13.5. The van der Waals surface area contributed by atoms with Gasteiger partial charge in [0, 0.05) is 29.7 Å². The summed E-state index contributed by atoms with van der Waals surface area (Å²) in [5.74, 6) is -0.347. The standard InChI is InChI=1S/C30H35N5O6S2/c1-21-3-15-27(16-4-21)42(38,39)34-25-11-7-23(8-12-25)32-29(36)19-31-20-30(37)33-24-9-13-26(14-10-24)35-43(40,41)28-17-5-22(2)6-18-28/h3-13,15-18,26,30-31,33-35,37H,14,19-20H2,1-2H3,(H,32,36). The minimum Gasteiger partial charge on any atom is -0.372 e. The van der Waals surface area contributed by atoms with Crippen molar-refractivity contribution in [3.63, 3.8) is 0 Å². The minimum atomic E-state index is -3.73. The van der Waals surface area contributed by atoms with E-state index < -0.39 is 32.3 Å². The molecule has 43 heavy (non-hydrogen) atoms. The molecule has 3 aromatic rings. The summed E-state index contributed by atoms with van der Waals surface area (Å²) in [5, 5.41) is 18.8. The van der Waals surface area contributed by atoms with Crippen LogP contribution < -0.4 is 25.4 Å². The first kappa shape index (κ1) is 31.9. The molecule has 0 bridgehead atoms. The van der Waals surface area contributed by atoms with Crippen molar-refractivity contribution in [1.29, 1.82) is 0 Å². The summed E-state index contributed by atoms with van der Waals surface area (Å²) in [7, 11) is -7.39. The fourth-order valence-electron chi connectivity index (χ4n) is 4.12. The molecule has 2 atom stereocenters. The molecule has 2 unspecified atom stereocenters. The van der Waals surface area contributed by atoms with Crippen LogP contribution in [0.4, 0.5) is 11.4 Å². The number of sulfonamides is 2. The van der Waals surface area contributed by atoms with Crippen molar-refractivity contribution in [1.82, 2.24) is 15.4 Å². The Labute approximate surface area is 252 Å². The van der Waals surface area contributed by atoms with Gasteiger partial charge in [-0.2, -0.15) is 0 Å². The lowest BCUT2D eigenvalue weighted by Gasteiger charge is -2.21. The third-order valence-corrected chi connectivity index (χ3v) is 9.35.